The van der Waals surface area contributed by atoms with Crippen LogP contribution in [0.3, 0.4) is 0 Å². The fourth-order valence-electron chi connectivity index (χ4n) is 2.20. The van der Waals surface area contributed by atoms with Crippen LogP contribution in [-0.2, 0) is 0 Å². The van der Waals surface area contributed by atoms with Crippen LogP contribution in [0.1, 0.15) is 34.2 Å². The van der Waals surface area contributed by atoms with Crippen LogP contribution in [0.5, 0.6) is 0 Å². The maximum Gasteiger partial charge on any atom is 0.279 e. The second-order valence-electron chi connectivity index (χ2n) is 4.80. The number of nitrogens with one attached hydrogen (secondary N) is 2. The highest BCUT2D eigenvalue weighted by Gasteiger charge is 2.19. The molecule has 3 heterocycles. The first-order valence-electron chi connectivity index (χ1n) is 6.59. The lowest BCUT2D eigenvalue weighted by molar-refractivity contribution is 0.102. The maximum atomic E-state index is 12.0. The summed E-state index contributed by atoms with van der Waals surface area (Å²) in [5.74, 6) is -0.264. The van der Waals surface area contributed by atoms with Gasteiger partial charge in [0, 0.05) is 11.1 Å². The molecule has 0 aliphatic carbocycles. The monoisotopic (exact) mass is 292 g/mol. The maximum absolute atomic E-state index is 12.0. The van der Waals surface area contributed by atoms with Crippen molar-refractivity contribution < 1.29 is 4.79 Å². The molecule has 2 N–H and O–H groups in total. The second-order valence-corrected chi connectivity index (χ2v) is 6.03. The van der Waals surface area contributed by atoms with Crippen molar-refractivity contribution >= 4 is 22.4 Å². The molecule has 106 valence electrons. The lowest BCUT2D eigenvalue weighted by Gasteiger charge is -2.21. The van der Waals surface area contributed by atoms with E-state index in [1.807, 2.05) is 6.92 Å². The third-order valence-corrected chi connectivity index (χ3v) is 4.10. The van der Waals surface area contributed by atoms with Crippen LogP contribution < -0.4 is 10.6 Å². The van der Waals surface area contributed by atoms with E-state index in [-0.39, 0.29) is 5.91 Å². The van der Waals surface area contributed by atoms with E-state index in [1.165, 1.54) is 11.3 Å². The Morgan fingerprint density at radius 1 is 1.50 bits per heavy atom. The van der Waals surface area contributed by atoms with Gasteiger partial charge in [0.05, 0.1) is 12.2 Å². The average Bonchev–Trinajstić information content (AvgIpc) is 3.09. The molecule has 0 unspecified atom stereocenters. The molecule has 0 spiro atoms. The van der Waals surface area contributed by atoms with Gasteiger partial charge in [-0.05, 0) is 32.9 Å². The molecule has 1 aliphatic rings. The van der Waals surface area contributed by atoms with E-state index in [0.29, 0.717) is 16.9 Å². The lowest BCUT2D eigenvalue weighted by Crippen LogP contribution is -2.29. The molecule has 1 aliphatic heterocycles. The van der Waals surface area contributed by atoms with Gasteiger partial charge in [-0.15, -0.1) is 16.4 Å². The lowest BCUT2D eigenvalue weighted by atomic mass is 10.1. The molecular formula is C12H16N6OS. The van der Waals surface area contributed by atoms with Gasteiger partial charge < -0.3 is 5.32 Å². The minimum Gasteiger partial charge on any atom is -0.317 e. The molecule has 1 fully saturated rings. The number of piperidine rings is 1. The number of aryl methyl sites for hydroxylation is 1. The van der Waals surface area contributed by atoms with Crippen LogP contribution in [0.15, 0.2) is 12.4 Å². The summed E-state index contributed by atoms with van der Waals surface area (Å²) in [7, 11) is 0. The van der Waals surface area contributed by atoms with Crippen LogP contribution in [0.25, 0.3) is 0 Å². The molecule has 1 saturated heterocycles. The predicted octanol–water partition coefficient (Wildman–Crippen LogP) is 1.22. The van der Waals surface area contributed by atoms with Gasteiger partial charge >= 0.3 is 0 Å². The number of aromatic nitrogens is 4. The summed E-state index contributed by atoms with van der Waals surface area (Å²) in [6.45, 7) is 3.90. The number of rotatable bonds is 3. The van der Waals surface area contributed by atoms with E-state index in [2.05, 4.69) is 25.9 Å². The highest BCUT2D eigenvalue weighted by Crippen LogP contribution is 2.19. The summed E-state index contributed by atoms with van der Waals surface area (Å²) in [6, 6.07) is 0.326. The summed E-state index contributed by atoms with van der Waals surface area (Å²) in [6.07, 6.45) is 5.46. The summed E-state index contributed by atoms with van der Waals surface area (Å²) in [5, 5.41) is 14.6. The molecule has 2 aromatic rings. The normalized spacial score (nSPS) is 16.2. The number of carbonyl (C=O) groups excluding carboxylic acids is 1. The van der Waals surface area contributed by atoms with Crippen molar-refractivity contribution in [2.75, 3.05) is 18.4 Å². The zero-order valence-electron chi connectivity index (χ0n) is 11.2. The number of anilines is 1. The van der Waals surface area contributed by atoms with Crippen molar-refractivity contribution in [3.8, 4) is 0 Å². The molecule has 1 amide bonds. The molecule has 0 bridgehead atoms. The predicted molar refractivity (Wildman–Crippen MR) is 76.0 cm³/mol. The average molecular weight is 292 g/mol. The Labute approximate surface area is 120 Å². The second kappa shape index (κ2) is 5.68. The van der Waals surface area contributed by atoms with Crippen molar-refractivity contribution in [3.05, 3.63) is 23.0 Å². The number of hydrogen-bond acceptors (Lipinski definition) is 6. The Morgan fingerprint density at radius 3 is 3.00 bits per heavy atom. The van der Waals surface area contributed by atoms with Gasteiger partial charge in [0.15, 0.2) is 10.8 Å². The Balaban J connectivity index is 1.67. The van der Waals surface area contributed by atoms with E-state index in [9.17, 15) is 4.79 Å². The first-order chi connectivity index (χ1) is 9.72. The van der Waals surface area contributed by atoms with Gasteiger partial charge in [0.2, 0.25) is 0 Å². The number of thiazole rings is 1. The van der Waals surface area contributed by atoms with Crippen LogP contribution >= 0.6 is 11.3 Å². The first-order valence-corrected chi connectivity index (χ1v) is 7.40. The van der Waals surface area contributed by atoms with E-state index < -0.39 is 0 Å². The van der Waals surface area contributed by atoms with Crippen LogP contribution in [-0.4, -0.2) is 39.0 Å². The molecule has 3 rings (SSSR count). The van der Waals surface area contributed by atoms with E-state index >= 15 is 0 Å². The largest absolute Gasteiger partial charge is 0.317 e. The third kappa shape index (κ3) is 2.86. The highest BCUT2D eigenvalue weighted by atomic mass is 32.1. The number of hydrogen-bond donors (Lipinski definition) is 2. The molecule has 0 radical (unpaired) electrons. The topological polar surface area (TPSA) is 84.7 Å². The molecule has 8 heteroatoms. The summed E-state index contributed by atoms with van der Waals surface area (Å²) < 4.78 is 1.79. The van der Waals surface area contributed by atoms with Crippen LogP contribution in [0.4, 0.5) is 5.13 Å². The summed E-state index contributed by atoms with van der Waals surface area (Å²) in [5.41, 5.74) is 0.330. The Hall–Kier alpha value is -1.80. The Bertz CT molecular complexity index is 601. The molecule has 0 saturated carbocycles. The van der Waals surface area contributed by atoms with Crippen molar-refractivity contribution in [2.45, 2.75) is 25.8 Å². The fourth-order valence-corrected chi connectivity index (χ4v) is 2.86. The molecule has 0 aromatic carbocycles. The Morgan fingerprint density at radius 2 is 2.30 bits per heavy atom. The Kier molecular flexibility index (Phi) is 3.75. The minimum atomic E-state index is -0.264. The van der Waals surface area contributed by atoms with Crippen molar-refractivity contribution in [3.63, 3.8) is 0 Å². The zero-order chi connectivity index (χ0) is 13.9. The van der Waals surface area contributed by atoms with E-state index in [4.69, 9.17) is 0 Å². The van der Waals surface area contributed by atoms with Crippen LogP contribution in [0, 0.1) is 6.92 Å². The summed E-state index contributed by atoms with van der Waals surface area (Å²) in [4.78, 5) is 17.2. The van der Waals surface area contributed by atoms with Gasteiger partial charge in [-0.25, -0.2) is 9.67 Å². The number of carbonyl (C=O) groups is 1. The standard InChI is InChI=1S/C12H16N6OS/c1-8-6-14-12(20-8)15-11(19)10-7-18(17-16-10)9-2-4-13-5-3-9/h6-7,9,13H,2-5H2,1H3,(H,14,15,19). The molecule has 2 aromatic heterocycles. The minimum absolute atomic E-state index is 0.264. The third-order valence-electron chi connectivity index (χ3n) is 3.27. The SMILES string of the molecule is Cc1cnc(NC(=O)c2cn(C3CCNCC3)nn2)s1. The van der Waals surface area contributed by atoms with Gasteiger partial charge in [0.1, 0.15) is 0 Å². The molecule has 0 atom stereocenters. The van der Waals surface area contributed by atoms with Gasteiger partial charge in [-0.3, -0.25) is 10.1 Å². The highest BCUT2D eigenvalue weighted by molar-refractivity contribution is 7.15. The quantitative estimate of drug-likeness (QED) is 0.888. The smallest absolute Gasteiger partial charge is 0.279 e. The van der Waals surface area contributed by atoms with Gasteiger partial charge in [0.25, 0.3) is 5.91 Å². The van der Waals surface area contributed by atoms with Gasteiger partial charge in [-0.2, -0.15) is 0 Å². The molecule has 7 nitrogen and oxygen atoms in total. The van der Waals surface area contributed by atoms with Crippen molar-refractivity contribution in [2.24, 2.45) is 0 Å². The van der Waals surface area contributed by atoms with Gasteiger partial charge in [-0.1, -0.05) is 5.21 Å². The van der Waals surface area contributed by atoms with E-state index in [1.54, 1.807) is 17.1 Å². The molecule has 20 heavy (non-hydrogen) atoms. The molecular weight excluding hydrogens is 276 g/mol. The zero-order valence-corrected chi connectivity index (χ0v) is 12.0. The van der Waals surface area contributed by atoms with Crippen LogP contribution in [0.2, 0.25) is 0 Å². The number of amides is 1. The summed E-state index contributed by atoms with van der Waals surface area (Å²) >= 11 is 1.44. The van der Waals surface area contributed by atoms with Crippen molar-refractivity contribution in [1.29, 1.82) is 0 Å². The van der Waals surface area contributed by atoms with E-state index in [0.717, 1.165) is 30.8 Å². The van der Waals surface area contributed by atoms with Crippen molar-refractivity contribution in [1.82, 2.24) is 25.3 Å². The number of nitrogens with zero attached hydrogens (tertiary/aromatic N) is 4. The first kappa shape index (κ1) is 13.2. The fraction of sp³-hybridized carbons (Fsp3) is 0.500.